The molecular weight excluding hydrogens is 224 g/mol. The molecule has 1 rings (SSSR count). The van der Waals surface area contributed by atoms with E-state index < -0.39 is 5.97 Å². The lowest BCUT2D eigenvalue weighted by molar-refractivity contribution is -0.00846. The number of aromatic nitrogens is 2. The van der Waals surface area contributed by atoms with Crippen molar-refractivity contribution in [3.05, 3.63) is 28.2 Å². The van der Waals surface area contributed by atoms with E-state index >= 15 is 0 Å². The molecule has 0 aromatic carbocycles. The van der Waals surface area contributed by atoms with Crippen LogP contribution in [0, 0.1) is 0 Å². The second kappa shape index (κ2) is 5.09. The van der Waals surface area contributed by atoms with Crippen molar-refractivity contribution < 1.29 is 14.6 Å². The van der Waals surface area contributed by atoms with E-state index in [0.29, 0.717) is 6.61 Å². The number of carboxylic acid groups (broad SMARTS) is 1. The fourth-order valence-electron chi connectivity index (χ4n) is 1.16. The molecule has 6 heteroatoms. The number of hydrogen-bond donors (Lipinski definition) is 1. The predicted molar refractivity (Wildman–Crippen MR) is 61.2 cm³/mol. The van der Waals surface area contributed by atoms with Gasteiger partial charge in [-0.05, 0) is 26.8 Å². The Morgan fingerprint density at radius 1 is 1.47 bits per heavy atom. The predicted octanol–water partition coefficient (Wildman–Crippen LogP) is 0.757. The summed E-state index contributed by atoms with van der Waals surface area (Å²) in [4.78, 5) is 22.1. The summed E-state index contributed by atoms with van der Waals surface area (Å²) >= 11 is 0. The summed E-state index contributed by atoms with van der Waals surface area (Å²) in [6, 6.07) is 2.37. The van der Waals surface area contributed by atoms with Gasteiger partial charge < -0.3 is 9.84 Å². The number of rotatable bonds is 4. The Morgan fingerprint density at radius 2 is 2.12 bits per heavy atom. The van der Waals surface area contributed by atoms with Crippen molar-refractivity contribution in [3.63, 3.8) is 0 Å². The van der Waals surface area contributed by atoms with Gasteiger partial charge in [0.25, 0.3) is 5.56 Å². The minimum absolute atomic E-state index is 0.152. The van der Waals surface area contributed by atoms with Crippen molar-refractivity contribution in [3.8, 4) is 0 Å². The fraction of sp³-hybridized carbons (Fsp3) is 0.545. The van der Waals surface area contributed by atoms with Gasteiger partial charge in [0.15, 0.2) is 5.69 Å². The van der Waals surface area contributed by atoms with Crippen LogP contribution in [0.3, 0.4) is 0 Å². The summed E-state index contributed by atoms with van der Waals surface area (Å²) in [5.74, 6) is -1.16. The van der Waals surface area contributed by atoms with Gasteiger partial charge in [-0.3, -0.25) is 4.79 Å². The Morgan fingerprint density at radius 3 is 2.65 bits per heavy atom. The lowest BCUT2D eigenvalue weighted by Crippen LogP contribution is -2.29. The fourth-order valence-corrected chi connectivity index (χ4v) is 1.16. The van der Waals surface area contributed by atoms with Crippen LogP contribution in [0.25, 0.3) is 0 Å². The van der Waals surface area contributed by atoms with Gasteiger partial charge in [0, 0.05) is 6.07 Å². The molecule has 0 unspecified atom stereocenters. The van der Waals surface area contributed by atoms with Gasteiger partial charge in [-0.1, -0.05) is 0 Å². The highest BCUT2D eigenvalue weighted by molar-refractivity contribution is 5.84. The molecule has 0 saturated carbocycles. The summed E-state index contributed by atoms with van der Waals surface area (Å²) in [7, 11) is 0. The average molecular weight is 240 g/mol. The third kappa shape index (κ3) is 4.36. The largest absolute Gasteiger partial charge is 0.476 e. The highest BCUT2D eigenvalue weighted by Crippen LogP contribution is 2.05. The Hall–Kier alpha value is -1.69. The van der Waals surface area contributed by atoms with Gasteiger partial charge >= 0.3 is 5.97 Å². The molecule has 1 aromatic rings. The second-order valence-corrected chi connectivity index (χ2v) is 4.55. The molecule has 0 aliphatic carbocycles. The van der Waals surface area contributed by atoms with Crippen molar-refractivity contribution in [2.45, 2.75) is 32.9 Å². The molecule has 0 amide bonds. The maximum Gasteiger partial charge on any atom is 0.356 e. The Balaban J connectivity index is 2.74. The van der Waals surface area contributed by atoms with Crippen molar-refractivity contribution >= 4 is 5.97 Å². The minimum Gasteiger partial charge on any atom is -0.476 e. The van der Waals surface area contributed by atoms with Gasteiger partial charge in [-0.25, -0.2) is 9.48 Å². The zero-order chi connectivity index (χ0) is 13.1. The van der Waals surface area contributed by atoms with E-state index in [1.807, 2.05) is 20.8 Å². The first-order valence-electron chi connectivity index (χ1n) is 5.25. The van der Waals surface area contributed by atoms with Gasteiger partial charge in [0.05, 0.1) is 18.8 Å². The maximum atomic E-state index is 11.4. The standard InChI is InChI=1S/C11H16N2O4/c1-11(2,3)17-7-6-13-9(14)5-4-8(12-13)10(15)16/h4-5H,6-7H2,1-3H3,(H,15,16). The van der Waals surface area contributed by atoms with Crippen molar-refractivity contribution in [2.24, 2.45) is 0 Å². The van der Waals surface area contributed by atoms with E-state index in [0.717, 1.165) is 4.68 Å². The van der Waals surface area contributed by atoms with Crippen LogP contribution in [0.2, 0.25) is 0 Å². The van der Waals surface area contributed by atoms with Crippen LogP contribution in [-0.4, -0.2) is 33.1 Å². The Labute approximate surface area is 98.8 Å². The van der Waals surface area contributed by atoms with Crippen molar-refractivity contribution in [1.82, 2.24) is 9.78 Å². The molecule has 0 saturated heterocycles. The normalized spacial score (nSPS) is 11.5. The second-order valence-electron chi connectivity index (χ2n) is 4.55. The highest BCUT2D eigenvalue weighted by atomic mass is 16.5. The lowest BCUT2D eigenvalue weighted by atomic mass is 10.2. The molecular formula is C11H16N2O4. The minimum atomic E-state index is -1.16. The number of carboxylic acids is 1. The molecule has 0 radical (unpaired) electrons. The summed E-state index contributed by atoms with van der Waals surface area (Å²) < 4.78 is 6.53. The third-order valence-electron chi connectivity index (χ3n) is 1.92. The van der Waals surface area contributed by atoms with Gasteiger partial charge in [-0.2, -0.15) is 5.10 Å². The van der Waals surface area contributed by atoms with Crippen LogP contribution in [-0.2, 0) is 11.3 Å². The van der Waals surface area contributed by atoms with Crippen LogP contribution in [0.15, 0.2) is 16.9 Å². The number of carbonyl (C=O) groups is 1. The van der Waals surface area contributed by atoms with E-state index in [2.05, 4.69) is 5.10 Å². The van der Waals surface area contributed by atoms with E-state index in [1.54, 1.807) is 0 Å². The SMILES string of the molecule is CC(C)(C)OCCn1nc(C(=O)O)ccc1=O. The molecule has 0 spiro atoms. The summed E-state index contributed by atoms with van der Waals surface area (Å²) in [5.41, 5.74) is -0.790. The molecule has 1 N–H and O–H groups in total. The molecule has 1 heterocycles. The van der Waals surface area contributed by atoms with E-state index in [9.17, 15) is 9.59 Å². The quantitative estimate of drug-likeness (QED) is 0.840. The summed E-state index contributed by atoms with van der Waals surface area (Å²) in [5, 5.41) is 12.5. The molecule has 0 bridgehead atoms. The van der Waals surface area contributed by atoms with Crippen LogP contribution in [0.1, 0.15) is 31.3 Å². The molecule has 1 aromatic heterocycles. The van der Waals surface area contributed by atoms with Gasteiger partial charge in [0.2, 0.25) is 0 Å². The highest BCUT2D eigenvalue weighted by Gasteiger charge is 2.11. The van der Waals surface area contributed by atoms with Crippen LogP contribution >= 0.6 is 0 Å². The van der Waals surface area contributed by atoms with E-state index in [1.165, 1.54) is 12.1 Å². The zero-order valence-corrected chi connectivity index (χ0v) is 10.1. The molecule has 0 aliphatic heterocycles. The molecule has 0 fully saturated rings. The molecule has 0 atom stereocenters. The first kappa shape index (κ1) is 13.4. The van der Waals surface area contributed by atoms with Gasteiger partial charge in [-0.15, -0.1) is 0 Å². The summed E-state index contributed by atoms with van der Waals surface area (Å²) in [6.07, 6.45) is 0. The number of ether oxygens (including phenoxy) is 1. The van der Waals surface area contributed by atoms with Crippen LogP contribution in [0.4, 0.5) is 0 Å². The number of hydrogen-bond acceptors (Lipinski definition) is 4. The van der Waals surface area contributed by atoms with Crippen LogP contribution < -0.4 is 5.56 Å². The molecule has 17 heavy (non-hydrogen) atoms. The van der Waals surface area contributed by atoms with Crippen LogP contribution in [0.5, 0.6) is 0 Å². The molecule has 0 aliphatic rings. The first-order chi connectivity index (χ1) is 7.79. The van der Waals surface area contributed by atoms with E-state index in [4.69, 9.17) is 9.84 Å². The molecule has 94 valence electrons. The van der Waals surface area contributed by atoms with E-state index in [-0.39, 0.29) is 23.4 Å². The number of aromatic carboxylic acids is 1. The zero-order valence-electron chi connectivity index (χ0n) is 10.1. The third-order valence-corrected chi connectivity index (χ3v) is 1.92. The first-order valence-corrected chi connectivity index (χ1v) is 5.25. The Kier molecular flexibility index (Phi) is 4.01. The topological polar surface area (TPSA) is 81.4 Å². The molecule has 6 nitrogen and oxygen atoms in total. The monoisotopic (exact) mass is 240 g/mol. The Bertz CT molecular complexity index is 459. The van der Waals surface area contributed by atoms with Gasteiger partial charge in [0.1, 0.15) is 0 Å². The number of nitrogens with zero attached hydrogens (tertiary/aromatic N) is 2. The maximum absolute atomic E-state index is 11.4. The average Bonchev–Trinajstić information content (AvgIpc) is 2.18. The summed E-state index contributed by atoms with van der Waals surface area (Å²) in [6.45, 7) is 6.24. The van der Waals surface area contributed by atoms with Crippen molar-refractivity contribution in [1.29, 1.82) is 0 Å². The van der Waals surface area contributed by atoms with Crippen molar-refractivity contribution in [2.75, 3.05) is 6.61 Å². The smallest absolute Gasteiger partial charge is 0.356 e. The lowest BCUT2D eigenvalue weighted by Gasteiger charge is -2.19.